The first kappa shape index (κ1) is 36.4. The largest absolute Gasteiger partial charge is 0.0622 e. The zero-order chi connectivity index (χ0) is 37.7. The van der Waals surface area contributed by atoms with E-state index in [9.17, 15) is 0 Å². The van der Waals surface area contributed by atoms with E-state index in [2.05, 4.69) is 236 Å². The van der Waals surface area contributed by atoms with Crippen LogP contribution in [0.1, 0.15) is 97.2 Å². The Balaban J connectivity index is 1.38. The summed E-state index contributed by atoms with van der Waals surface area (Å²) in [5.74, 6) is 0. The second kappa shape index (κ2) is 15.6. The molecule has 7 aromatic rings. The van der Waals surface area contributed by atoms with Crippen molar-refractivity contribution < 1.29 is 0 Å². The van der Waals surface area contributed by atoms with Crippen LogP contribution in [-0.4, -0.2) is 0 Å². The molecule has 0 bridgehead atoms. The van der Waals surface area contributed by atoms with Crippen LogP contribution in [0.2, 0.25) is 0 Å². The molecule has 0 unspecified atom stereocenters. The average Bonchev–Trinajstić information content (AvgIpc) is 3.18. The van der Waals surface area contributed by atoms with Gasteiger partial charge in [0.05, 0.1) is 0 Å². The smallest absolute Gasteiger partial charge is 0.00930 e. The fraction of sp³-hybridized carbons (Fsp3) is 0.148. The molecule has 0 aromatic heterocycles. The summed E-state index contributed by atoms with van der Waals surface area (Å²) in [6.45, 7) is 13.5. The van der Waals surface area contributed by atoms with Crippen LogP contribution in [0.15, 0.2) is 146 Å². The molecule has 0 aliphatic heterocycles. The zero-order valence-electron chi connectivity index (χ0n) is 32.5. The topological polar surface area (TPSA) is 0 Å². The van der Waals surface area contributed by atoms with Crippen LogP contribution in [0.25, 0.3) is 70.2 Å². The Morgan fingerprint density at radius 1 is 0.278 bits per heavy atom. The Hall–Kier alpha value is -5.98. The van der Waals surface area contributed by atoms with E-state index < -0.39 is 0 Å². The van der Waals surface area contributed by atoms with E-state index >= 15 is 0 Å². The van der Waals surface area contributed by atoms with Crippen molar-refractivity contribution in [1.82, 2.24) is 0 Å². The quantitative estimate of drug-likeness (QED) is 0.109. The van der Waals surface area contributed by atoms with Crippen LogP contribution in [0.4, 0.5) is 0 Å². The molecule has 0 N–H and O–H groups in total. The summed E-state index contributed by atoms with van der Waals surface area (Å²) < 4.78 is 0. The number of fused-ring (bicyclic) bond motifs is 2. The van der Waals surface area contributed by atoms with E-state index in [0.717, 1.165) is 0 Å². The molecule has 0 heteroatoms. The van der Waals surface area contributed by atoms with Gasteiger partial charge in [-0.1, -0.05) is 224 Å². The first-order valence-electron chi connectivity index (χ1n) is 19.1. The highest BCUT2D eigenvalue weighted by molar-refractivity contribution is 6.15. The minimum Gasteiger partial charge on any atom is -0.0622 e. The Morgan fingerprint density at radius 2 is 0.574 bits per heavy atom. The van der Waals surface area contributed by atoms with Gasteiger partial charge in [-0.25, -0.2) is 0 Å². The van der Waals surface area contributed by atoms with Crippen LogP contribution >= 0.6 is 0 Å². The van der Waals surface area contributed by atoms with Gasteiger partial charge in [0.25, 0.3) is 0 Å². The third-order valence-electron chi connectivity index (χ3n) is 10.2. The maximum absolute atomic E-state index is 2.36. The minimum atomic E-state index is 0.134. The Kier molecular flexibility index (Phi) is 10.5. The molecule has 7 rings (SSSR count). The van der Waals surface area contributed by atoms with Gasteiger partial charge in [-0.15, -0.1) is 0 Å². The minimum absolute atomic E-state index is 0.134. The number of hydrogen-bond donors (Lipinski definition) is 0. The maximum Gasteiger partial charge on any atom is -0.00930 e. The van der Waals surface area contributed by atoms with Gasteiger partial charge in [0.2, 0.25) is 0 Å². The van der Waals surface area contributed by atoms with Gasteiger partial charge in [-0.05, 0) is 100 Å². The van der Waals surface area contributed by atoms with Crippen molar-refractivity contribution in [3.8, 4) is 0 Å². The summed E-state index contributed by atoms with van der Waals surface area (Å²) in [7, 11) is 0. The molecular weight excluding hydrogens is 649 g/mol. The third kappa shape index (κ3) is 8.62. The van der Waals surface area contributed by atoms with Crippen molar-refractivity contribution in [2.75, 3.05) is 0 Å². The van der Waals surface area contributed by atoms with E-state index in [1.165, 1.54) is 77.2 Å². The van der Waals surface area contributed by atoms with Crippen molar-refractivity contribution in [3.05, 3.63) is 201 Å². The molecule has 0 spiro atoms. The van der Waals surface area contributed by atoms with E-state index in [-0.39, 0.29) is 10.8 Å². The summed E-state index contributed by atoms with van der Waals surface area (Å²) >= 11 is 0. The molecule has 0 aliphatic rings. The van der Waals surface area contributed by atoms with E-state index in [4.69, 9.17) is 0 Å². The highest BCUT2D eigenvalue weighted by atomic mass is 14.2. The van der Waals surface area contributed by atoms with Gasteiger partial charge in [-0.3, -0.25) is 0 Å². The van der Waals surface area contributed by atoms with Crippen molar-refractivity contribution >= 4 is 70.2 Å². The van der Waals surface area contributed by atoms with Crippen LogP contribution in [-0.2, 0) is 10.8 Å². The van der Waals surface area contributed by atoms with Gasteiger partial charge in [0.1, 0.15) is 0 Å². The fourth-order valence-electron chi connectivity index (χ4n) is 6.96. The Morgan fingerprint density at radius 3 is 0.926 bits per heavy atom. The molecule has 0 atom stereocenters. The molecule has 0 aliphatic carbocycles. The van der Waals surface area contributed by atoms with Crippen molar-refractivity contribution in [2.45, 2.75) is 52.4 Å². The van der Waals surface area contributed by atoms with Crippen molar-refractivity contribution in [2.24, 2.45) is 0 Å². The van der Waals surface area contributed by atoms with Crippen LogP contribution in [0, 0.1) is 0 Å². The van der Waals surface area contributed by atoms with Crippen molar-refractivity contribution in [1.29, 1.82) is 0 Å². The molecule has 0 nitrogen and oxygen atoms in total. The summed E-state index contributed by atoms with van der Waals surface area (Å²) in [6, 6.07) is 52.9. The number of rotatable bonds is 8. The lowest BCUT2D eigenvalue weighted by Crippen LogP contribution is -2.10. The molecule has 266 valence electrons. The summed E-state index contributed by atoms with van der Waals surface area (Å²) in [5.41, 5.74) is 12.5. The average molecular weight is 699 g/mol. The van der Waals surface area contributed by atoms with E-state index in [1.807, 2.05) is 0 Å². The first-order valence-corrected chi connectivity index (χ1v) is 19.1. The van der Waals surface area contributed by atoms with Gasteiger partial charge in [0, 0.05) is 0 Å². The molecule has 0 radical (unpaired) electrons. The van der Waals surface area contributed by atoms with Crippen LogP contribution in [0.5, 0.6) is 0 Å². The molecule has 0 amide bonds. The summed E-state index contributed by atoms with van der Waals surface area (Å²) in [4.78, 5) is 0. The lowest BCUT2D eigenvalue weighted by Gasteiger charge is -2.18. The lowest BCUT2D eigenvalue weighted by atomic mass is 9.86. The van der Waals surface area contributed by atoms with E-state index in [1.54, 1.807) is 0 Å². The predicted octanol–water partition coefficient (Wildman–Crippen LogP) is 15.3. The second-order valence-electron chi connectivity index (χ2n) is 16.3. The molecule has 54 heavy (non-hydrogen) atoms. The third-order valence-corrected chi connectivity index (χ3v) is 10.2. The fourth-order valence-corrected chi connectivity index (χ4v) is 6.96. The van der Waals surface area contributed by atoms with Crippen molar-refractivity contribution in [3.63, 3.8) is 0 Å². The lowest BCUT2D eigenvalue weighted by molar-refractivity contribution is 0.590. The number of hydrogen-bond acceptors (Lipinski definition) is 0. The summed E-state index contributed by atoms with van der Waals surface area (Å²) in [6.07, 6.45) is 18.0. The highest BCUT2D eigenvalue weighted by Gasteiger charge is 2.15. The van der Waals surface area contributed by atoms with Gasteiger partial charge < -0.3 is 0 Å². The van der Waals surface area contributed by atoms with Gasteiger partial charge in [-0.2, -0.15) is 0 Å². The summed E-state index contributed by atoms with van der Waals surface area (Å²) in [5, 5.41) is 4.92. The predicted molar refractivity (Wildman–Crippen MR) is 240 cm³/mol. The normalized spacial score (nSPS) is 12.7. The Bertz CT molecular complexity index is 2310. The molecule has 7 aromatic carbocycles. The number of benzene rings is 7. The van der Waals surface area contributed by atoms with E-state index in [0.29, 0.717) is 0 Å². The standard InChI is InChI=1S/C54H50/c1-53(2,3)45-29-21-41(22-30-45)17-19-43-27-35-49-48(34-26-40-15-11-8-12-16-40)52-38-44(20-18-42-23-31-46(32-24-42)54(4,5)6)28-36-50(52)47(51(49)37-43)33-25-39-13-9-7-10-14-39/h7-38H,1-6H3/b19-17+,20-18+,33-25+,34-26+. The Labute approximate surface area is 322 Å². The van der Waals surface area contributed by atoms with Crippen LogP contribution in [0.3, 0.4) is 0 Å². The zero-order valence-corrected chi connectivity index (χ0v) is 32.5. The maximum atomic E-state index is 2.36. The first-order chi connectivity index (χ1) is 26.0. The molecule has 0 fully saturated rings. The highest BCUT2D eigenvalue weighted by Crippen LogP contribution is 2.37. The second-order valence-corrected chi connectivity index (χ2v) is 16.3. The van der Waals surface area contributed by atoms with Crippen LogP contribution < -0.4 is 0 Å². The monoisotopic (exact) mass is 698 g/mol. The SMILES string of the molecule is CC(C)(C)c1ccc(/C=C/c2ccc3c(/C=C/c4ccccc4)c4cc(/C=C/c5ccc(C(C)(C)C)cc5)ccc4c(/C=C/c4ccccc4)c3c2)cc1. The molecule has 0 saturated carbocycles. The van der Waals surface area contributed by atoms with Gasteiger partial charge >= 0.3 is 0 Å². The molecular formula is C54H50. The van der Waals surface area contributed by atoms with Gasteiger partial charge in [0.15, 0.2) is 0 Å². The molecule has 0 saturated heterocycles. The molecule has 0 heterocycles.